The van der Waals surface area contributed by atoms with Crippen molar-refractivity contribution in [3.63, 3.8) is 0 Å². The fourth-order valence-corrected chi connectivity index (χ4v) is 2.25. The highest BCUT2D eigenvalue weighted by Crippen LogP contribution is 2.24. The molecule has 21 heavy (non-hydrogen) atoms. The van der Waals surface area contributed by atoms with Crippen LogP contribution in [-0.2, 0) is 10.2 Å². The highest BCUT2D eigenvalue weighted by atomic mass is 16.5. The van der Waals surface area contributed by atoms with Crippen molar-refractivity contribution in [1.82, 2.24) is 9.55 Å². The molecule has 0 bridgehead atoms. The van der Waals surface area contributed by atoms with Gasteiger partial charge in [-0.2, -0.15) is 0 Å². The van der Waals surface area contributed by atoms with Crippen LogP contribution in [0, 0.1) is 0 Å². The summed E-state index contributed by atoms with van der Waals surface area (Å²) in [5, 5.41) is 3.36. The Bertz CT molecular complexity index is 566. The molecule has 0 radical (unpaired) electrons. The van der Waals surface area contributed by atoms with E-state index in [1.807, 2.05) is 6.20 Å². The number of ether oxygens (including phenoxy) is 1. The van der Waals surface area contributed by atoms with Gasteiger partial charge in [0.25, 0.3) is 0 Å². The molecule has 0 aliphatic rings. The standard InChI is InChI=1S/C17H25N3O/c1-13(12-21-5)19-16-18-10-11-20(16)15-8-6-14(7-9-15)17(2,3)4/h6-11,13H,12H2,1-5H3,(H,18,19). The lowest BCUT2D eigenvalue weighted by molar-refractivity contribution is 0.190. The van der Waals surface area contributed by atoms with Gasteiger partial charge in [0.15, 0.2) is 0 Å². The van der Waals surface area contributed by atoms with Crippen LogP contribution >= 0.6 is 0 Å². The van der Waals surface area contributed by atoms with E-state index in [1.165, 1.54) is 5.56 Å². The van der Waals surface area contributed by atoms with Gasteiger partial charge >= 0.3 is 0 Å². The highest BCUT2D eigenvalue weighted by molar-refractivity contribution is 5.44. The van der Waals surface area contributed by atoms with Crippen molar-refractivity contribution >= 4 is 5.95 Å². The van der Waals surface area contributed by atoms with Crippen molar-refractivity contribution in [3.05, 3.63) is 42.2 Å². The number of anilines is 1. The molecule has 0 aliphatic carbocycles. The zero-order valence-electron chi connectivity index (χ0n) is 13.6. The van der Waals surface area contributed by atoms with Gasteiger partial charge in [0, 0.05) is 31.2 Å². The molecule has 0 saturated heterocycles. The van der Waals surface area contributed by atoms with E-state index >= 15 is 0 Å². The number of benzene rings is 1. The summed E-state index contributed by atoms with van der Waals surface area (Å²) in [5.74, 6) is 0.836. The topological polar surface area (TPSA) is 39.1 Å². The molecule has 1 heterocycles. The van der Waals surface area contributed by atoms with Gasteiger partial charge in [-0.15, -0.1) is 0 Å². The Morgan fingerprint density at radius 3 is 2.48 bits per heavy atom. The van der Waals surface area contributed by atoms with Gasteiger partial charge in [0.05, 0.1) is 6.61 Å². The first-order valence-corrected chi connectivity index (χ1v) is 7.31. The minimum absolute atomic E-state index is 0.168. The van der Waals surface area contributed by atoms with E-state index in [9.17, 15) is 0 Å². The summed E-state index contributed by atoms with van der Waals surface area (Å²) in [6.07, 6.45) is 3.77. The van der Waals surface area contributed by atoms with E-state index in [0.717, 1.165) is 11.6 Å². The molecule has 4 nitrogen and oxygen atoms in total. The van der Waals surface area contributed by atoms with E-state index < -0.39 is 0 Å². The normalized spacial score (nSPS) is 13.2. The first kappa shape index (κ1) is 15.6. The summed E-state index contributed by atoms with van der Waals surface area (Å²) >= 11 is 0. The van der Waals surface area contributed by atoms with Crippen LogP contribution in [0.15, 0.2) is 36.7 Å². The molecule has 1 aromatic heterocycles. The summed E-state index contributed by atoms with van der Waals surface area (Å²) in [4.78, 5) is 4.38. The van der Waals surface area contributed by atoms with Crippen LogP contribution in [0.25, 0.3) is 5.69 Å². The second-order valence-corrected chi connectivity index (χ2v) is 6.42. The molecular weight excluding hydrogens is 262 g/mol. The molecular formula is C17H25N3O. The predicted molar refractivity (Wildman–Crippen MR) is 87.2 cm³/mol. The third-order valence-corrected chi connectivity index (χ3v) is 3.44. The monoisotopic (exact) mass is 287 g/mol. The maximum atomic E-state index is 5.15. The van der Waals surface area contributed by atoms with Gasteiger partial charge in [-0.25, -0.2) is 4.98 Å². The quantitative estimate of drug-likeness (QED) is 0.913. The zero-order valence-corrected chi connectivity index (χ0v) is 13.6. The molecule has 114 valence electrons. The molecule has 1 atom stereocenters. The molecule has 4 heteroatoms. The van der Waals surface area contributed by atoms with Crippen LogP contribution in [0.2, 0.25) is 0 Å². The van der Waals surface area contributed by atoms with Crippen LogP contribution in [-0.4, -0.2) is 29.3 Å². The molecule has 2 rings (SSSR count). The smallest absolute Gasteiger partial charge is 0.207 e. The van der Waals surface area contributed by atoms with Gasteiger partial charge in [-0.05, 0) is 30.0 Å². The van der Waals surface area contributed by atoms with Crippen molar-refractivity contribution in [3.8, 4) is 5.69 Å². The van der Waals surface area contributed by atoms with Crippen molar-refractivity contribution in [1.29, 1.82) is 0 Å². The average molecular weight is 287 g/mol. The van der Waals surface area contributed by atoms with Crippen LogP contribution < -0.4 is 5.32 Å². The number of rotatable bonds is 5. The number of methoxy groups -OCH3 is 1. The van der Waals surface area contributed by atoms with Crippen LogP contribution in [0.1, 0.15) is 33.3 Å². The fraction of sp³-hybridized carbons (Fsp3) is 0.471. The lowest BCUT2D eigenvalue weighted by Crippen LogP contribution is -2.22. The second-order valence-electron chi connectivity index (χ2n) is 6.42. The van der Waals surface area contributed by atoms with Gasteiger partial charge < -0.3 is 10.1 Å². The molecule has 0 amide bonds. The number of imidazole rings is 1. The minimum Gasteiger partial charge on any atom is -0.383 e. The molecule has 0 spiro atoms. The van der Waals surface area contributed by atoms with Crippen molar-refractivity contribution in [2.75, 3.05) is 19.0 Å². The summed E-state index contributed by atoms with van der Waals surface area (Å²) in [6, 6.07) is 8.84. The van der Waals surface area contributed by atoms with E-state index in [1.54, 1.807) is 13.3 Å². The number of hydrogen-bond acceptors (Lipinski definition) is 3. The van der Waals surface area contributed by atoms with Gasteiger partial charge in [-0.3, -0.25) is 4.57 Å². The SMILES string of the molecule is COCC(C)Nc1nccn1-c1ccc(C(C)(C)C)cc1. The van der Waals surface area contributed by atoms with E-state index in [4.69, 9.17) is 4.74 Å². The maximum Gasteiger partial charge on any atom is 0.207 e. The van der Waals surface area contributed by atoms with E-state index in [2.05, 4.69) is 66.8 Å². The fourth-order valence-electron chi connectivity index (χ4n) is 2.25. The van der Waals surface area contributed by atoms with E-state index in [0.29, 0.717) is 6.61 Å². The number of nitrogens with one attached hydrogen (secondary N) is 1. The Labute approximate surface area is 127 Å². The molecule has 2 aromatic rings. The third-order valence-electron chi connectivity index (χ3n) is 3.44. The van der Waals surface area contributed by atoms with Crippen molar-refractivity contribution in [2.24, 2.45) is 0 Å². The number of aromatic nitrogens is 2. The largest absolute Gasteiger partial charge is 0.383 e. The molecule has 1 unspecified atom stereocenters. The first-order chi connectivity index (χ1) is 9.91. The minimum atomic E-state index is 0.168. The summed E-state index contributed by atoms with van der Waals surface area (Å²) in [5.41, 5.74) is 2.60. The first-order valence-electron chi connectivity index (χ1n) is 7.31. The average Bonchev–Trinajstić information content (AvgIpc) is 2.86. The Kier molecular flexibility index (Phi) is 4.68. The Morgan fingerprint density at radius 1 is 1.24 bits per heavy atom. The Morgan fingerprint density at radius 2 is 1.90 bits per heavy atom. The Hall–Kier alpha value is -1.81. The van der Waals surface area contributed by atoms with Crippen molar-refractivity contribution < 1.29 is 4.74 Å². The zero-order chi connectivity index (χ0) is 15.5. The molecule has 0 fully saturated rings. The molecule has 0 aliphatic heterocycles. The third kappa shape index (κ3) is 3.85. The lowest BCUT2D eigenvalue weighted by Gasteiger charge is -2.20. The maximum absolute atomic E-state index is 5.15. The summed E-state index contributed by atoms with van der Waals surface area (Å²) in [6.45, 7) is 9.39. The number of nitrogens with zero attached hydrogens (tertiary/aromatic N) is 2. The molecule has 0 saturated carbocycles. The van der Waals surface area contributed by atoms with Gasteiger partial charge in [-0.1, -0.05) is 32.9 Å². The van der Waals surface area contributed by atoms with E-state index in [-0.39, 0.29) is 11.5 Å². The molecule has 1 aromatic carbocycles. The molecule has 1 N–H and O–H groups in total. The van der Waals surface area contributed by atoms with Crippen LogP contribution in [0.4, 0.5) is 5.95 Å². The summed E-state index contributed by atoms with van der Waals surface area (Å²) in [7, 11) is 1.70. The van der Waals surface area contributed by atoms with Crippen LogP contribution in [0.3, 0.4) is 0 Å². The summed E-state index contributed by atoms with van der Waals surface area (Å²) < 4.78 is 7.21. The number of hydrogen-bond donors (Lipinski definition) is 1. The van der Waals surface area contributed by atoms with Gasteiger partial charge in [0.1, 0.15) is 0 Å². The lowest BCUT2D eigenvalue weighted by atomic mass is 9.87. The van der Waals surface area contributed by atoms with Crippen molar-refractivity contribution in [2.45, 2.75) is 39.2 Å². The predicted octanol–water partition coefficient (Wildman–Crippen LogP) is 3.62. The highest BCUT2D eigenvalue weighted by Gasteiger charge is 2.14. The van der Waals surface area contributed by atoms with Crippen LogP contribution in [0.5, 0.6) is 0 Å². The van der Waals surface area contributed by atoms with Gasteiger partial charge in [0.2, 0.25) is 5.95 Å². The second kappa shape index (κ2) is 6.31. The Balaban J connectivity index is 2.21.